The molecule has 3 nitrogen and oxygen atoms in total. The van der Waals surface area contributed by atoms with Gasteiger partial charge in [0.2, 0.25) is 0 Å². The van der Waals surface area contributed by atoms with Crippen molar-refractivity contribution in [2.75, 3.05) is 0 Å². The maximum Gasteiger partial charge on any atom is 0.0651 e. The lowest BCUT2D eigenvalue weighted by molar-refractivity contribution is 0.0436. The van der Waals surface area contributed by atoms with E-state index in [0.29, 0.717) is 42.4 Å². The number of aliphatic hydroxyl groups is 3. The zero-order valence-corrected chi connectivity index (χ0v) is 19.8. The molecule has 30 heavy (non-hydrogen) atoms. The maximum atomic E-state index is 10.2. The first-order valence-electron chi connectivity index (χ1n) is 12.2. The van der Waals surface area contributed by atoms with Crippen molar-refractivity contribution >= 4 is 0 Å². The summed E-state index contributed by atoms with van der Waals surface area (Å²) in [5.41, 5.74) is 2.43. The van der Waals surface area contributed by atoms with Gasteiger partial charge in [-0.05, 0) is 88.4 Å². The average molecular weight is 417 g/mol. The van der Waals surface area contributed by atoms with E-state index in [2.05, 4.69) is 45.1 Å². The van der Waals surface area contributed by atoms with Crippen molar-refractivity contribution in [1.29, 1.82) is 0 Å². The number of aliphatic hydroxyl groups excluding tert-OH is 2. The molecular formula is C27H44O3. The molecule has 3 aliphatic rings. The molecule has 3 aliphatic carbocycles. The second-order valence-corrected chi connectivity index (χ2v) is 11.3. The third-order valence-corrected chi connectivity index (χ3v) is 8.56. The van der Waals surface area contributed by atoms with Gasteiger partial charge in [0.1, 0.15) is 0 Å². The number of rotatable bonds is 5. The zero-order valence-electron chi connectivity index (χ0n) is 19.8. The lowest BCUT2D eigenvalue weighted by Crippen LogP contribution is -2.35. The highest BCUT2D eigenvalue weighted by atomic mass is 16.3. The first-order valence-corrected chi connectivity index (χ1v) is 12.2. The Morgan fingerprint density at radius 3 is 2.33 bits per heavy atom. The van der Waals surface area contributed by atoms with Gasteiger partial charge in [-0.2, -0.15) is 0 Å². The minimum absolute atomic E-state index is 0.152. The zero-order chi connectivity index (χ0) is 22.1. The van der Waals surface area contributed by atoms with Crippen LogP contribution in [-0.4, -0.2) is 33.1 Å². The molecule has 3 rings (SSSR count). The van der Waals surface area contributed by atoms with Crippen molar-refractivity contribution in [3.05, 3.63) is 35.5 Å². The normalized spacial score (nSPS) is 38.7. The molecule has 3 N–H and O–H groups in total. The van der Waals surface area contributed by atoms with Gasteiger partial charge in [0, 0.05) is 5.92 Å². The Morgan fingerprint density at radius 1 is 1.03 bits per heavy atom. The van der Waals surface area contributed by atoms with Crippen LogP contribution in [0.5, 0.6) is 0 Å². The molecule has 3 heteroatoms. The minimum Gasteiger partial charge on any atom is -0.393 e. The van der Waals surface area contributed by atoms with Crippen LogP contribution in [0.4, 0.5) is 0 Å². The van der Waals surface area contributed by atoms with Gasteiger partial charge in [0.25, 0.3) is 0 Å². The van der Waals surface area contributed by atoms with Gasteiger partial charge in [-0.3, -0.25) is 0 Å². The highest BCUT2D eigenvalue weighted by Gasteiger charge is 2.50. The Morgan fingerprint density at radius 2 is 1.70 bits per heavy atom. The van der Waals surface area contributed by atoms with Gasteiger partial charge in [0.05, 0.1) is 17.8 Å². The third-order valence-electron chi connectivity index (χ3n) is 8.56. The lowest BCUT2D eigenvalue weighted by Gasteiger charge is -2.44. The molecular weight excluding hydrogens is 372 g/mol. The SMILES string of the molecule is C[C@H](/C=C/[C@H](C)C(C)(C)O)[C@H]1CC[C@@H]2/C(=C\C=C3C[C@@H](O)C[C@H](O)C3)CCC[C@@]21C. The summed E-state index contributed by atoms with van der Waals surface area (Å²) in [6.45, 7) is 10.7. The van der Waals surface area contributed by atoms with E-state index in [1.54, 1.807) is 5.57 Å². The molecule has 170 valence electrons. The van der Waals surface area contributed by atoms with Crippen LogP contribution >= 0.6 is 0 Å². The molecule has 0 bridgehead atoms. The van der Waals surface area contributed by atoms with Crippen LogP contribution in [0.1, 0.15) is 86.0 Å². The summed E-state index contributed by atoms with van der Waals surface area (Å²) in [7, 11) is 0. The van der Waals surface area contributed by atoms with E-state index in [1.807, 2.05) is 13.8 Å². The summed E-state index contributed by atoms with van der Waals surface area (Å²) in [5, 5.41) is 30.2. The van der Waals surface area contributed by atoms with Crippen LogP contribution in [0.15, 0.2) is 35.5 Å². The molecule has 3 saturated carbocycles. The second kappa shape index (κ2) is 9.30. The van der Waals surface area contributed by atoms with Crippen LogP contribution < -0.4 is 0 Å². The van der Waals surface area contributed by atoms with E-state index in [9.17, 15) is 15.3 Å². The fourth-order valence-corrected chi connectivity index (χ4v) is 6.39. The van der Waals surface area contributed by atoms with Gasteiger partial charge < -0.3 is 15.3 Å². The minimum atomic E-state index is -0.674. The van der Waals surface area contributed by atoms with E-state index >= 15 is 0 Å². The molecule has 0 amide bonds. The Kier molecular flexibility index (Phi) is 7.37. The predicted octanol–water partition coefficient (Wildman–Crippen LogP) is 5.56. The van der Waals surface area contributed by atoms with Crippen molar-refractivity contribution in [2.45, 2.75) is 104 Å². The predicted molar refractivity (Wildman–Crippen MR) is 124 cm³/mol. The number of fused-ring (bicyclic) bond motifs is 1. The fourth-order valence-electron chi connectivity index (χ4n) is 6.39. The molecule has 3 fully saturated rings. The van der Waals surface area contributed by atoms with Crippen LogP contribution in [0.25, 0.3) is 0 Å². The number of hydrogen-bond donors (Lipinski definition) is 3. The molecule has 0 radical (unpaired) electrons. The summed E-state index contributed by atoms with van der Waals surface area (Å²) in [6, 6.07) is 0. The Bertz CT molecular complexity index is 671. The molecule has 0 aliphatic heterocycles. The van der Waals surface area contributed by atoms with Crippen LogP contribution in [0.3, 0.4) is 0 Å². The number of hydrogen-bond acceptors (Lipinski definition) is 3. The van der Waals surface area contributed by atoms with E-state index < -0.39 is 17.8 Å². The first-order chi connectivity index (χ1) is 14.0. The molecule has 0 aromatic carbocycles. The lowest BCUT2D eigenvalue weighted by atomic mass is 9.61. The van der Waals surface area contributed by atoms with Gasteiger partial charge in [-0.15, -0.1) is 0 Å². The molecule has 7 atom stereocenters. The van der Waals surface area contributed by atoms with E-state index in [-0.39, 0.29) is 5.92 Å². The maximum absolute atomic E-state index is 10.2. The number of allylic oxidation sites excluding steroid dienone is 4. The van der Waals surface area contributed by atoms with Crippen molar-refractivity contribution in [3.8, 4) is 0 Å². The van der Waals surface area contributed by atoms with Gasteiger partial charge in [-0.1, -0.05) is 56.2 Å². The quantitative estimate of drug-likeness (QED) is 0.514. The monoisotopic (exact) mass is 416 g/mol. The second-order valence-electron chi connectivity index (χ2n) is 11.3. The summed E-state index contributed by atoms with van der Waals surface area (Å²) in [4.78, 5) is 0. The average Bonchev–Trinajstić information content (AvgIpc) is 3.00. The fraction of sp³-hybridized carbons (Fsp3) is 0.778. The largest absolute Gasteiger partial charge is 0.393 e. The third kappa shape index (κ3) is 5.29. The van der Waals surface area contributed by atoms with Crippen molar-refractivity contribution in [3.63, 3.8) is 0 Å². The Hall–Kier alpha value is -0.900. The standard InChI is InChI=1S/C27H44O3/c1-18(8-9-19(2)26(3,4)30)24-12-13-25-21(7-6-14-27(24,25)5)11-10-20-15-22(28)17-23(29)16-20/h8-11,18-19,22-25,28-30H,6-7,12-17H2,1-5H3/b9-8+,21-11-/t18-,19+,22-,23-,24-,25-,27-/m1/s1. The molecule has 0 unspecified atom stereocenters. The summed E-state index contributed by atoms with van der Waals surface area (Å²) >= 11 is 0. The smallest absolute Gasteiger partial charge is 0.0651 e. The van der Waals surface area contributed by atoms with E-state index in [0.717, 1.165) is 0 Å². The molecule has 0 aromatic rings. The molecule has 0 spiro atoms. The molecule has 0 aromatic heterocycles. The Labute approximate surface area is 184 Å². The van der Waals surface area contributed by atoms with Crippen molar-refractivity contribution in [1.82, 2.24) is 0 Å². The van der Waals surface area contributed by atoms with Gasteiger partial charge in [-0.25, -0.2) is 0 Å². The van der Waals surface area contributed by atoms with E-state index in [1.165, 1.54) is 37.7 Å². The van der Waals surface area contributed by atoms with Crippen LogP contribution in [0.2, 0.25) is 0 Å². The van der Waals surface area contributed by atoms with Crippen LogP contribution in [-0.2, 0) is 0 Å². The summed E-state index contributed by atoms with van der Waals surface area (Å²) in [6.07, 6.45) is 16.5. The van der Waals surface area contributed by atoms with E-state index in [4.69, 9.17) is 0 Å². The first kappa shape index (κ1) is 23.8. The van der Waals surface area contributed by atoms with Crippen molar-refractivity contribution in [2.24, 2.45) is 29.1 Å². The van der Waals surface area contributed by atoms with Crippen molar-refractivity contribution < 1.29 is 15.3 Å². The van der Waals surface area contributed by atoms with Gasteiger partial charge >= 0.3 is 0 Å². The highest BCUT2D eigenvalue weighted by Crippen LogP contribution is 2.59. The Balaban J connectivity index is 1.73. The molecule has 0 heterocycles. The van der Waals surface area contributed by atoms with Gasteiger partial charge in [0.15, 0.2) is 0 Å². The topological polar surface area (TPSA) is 60.7 Å². The summed E-state index contributed by atoms with van der Waals surface area (Å²) in [5.74, 6) is 2.00. The van der Waals surface area contributed by atoms with Crippen LogP contribution in [0, 0.1) is 29.1 Å². The molecule has 0 saturated heterocycles. The summed E-state index contributed by atoms with van der Waals surface area (Å²) < 4.78 is 0. The highest BCUT2D eigenvalue weighted by molar-refractivity contribution is 5.26.